The second-order valence-electron chi connectivity index (χ2n) is 11.9. The highest BCUT2D eigenvalue weighted by atomic mass is 16.7. The summed E-state index contributed by atoms with van der Waals surface area (Å²) in [6.45, 7) is 20.6. The Morgan fingerprint density at radius 3 is 0.861 bits per heavy atom. The zero-order valence-electron chi connectivity index (χ0n) is 23.0. The second-order valence-corrected chi connectivity index (χ2v) is 11.9. The van der Waals surface area contributed by atoms with E-state index in [0.29, 0.717) is 12.0 Å². The van der Waals surface area contributed by atoms with Gasteiger partial charge in [-0.2, -0.15) is 0 Å². The minimum atomic E-state index is 0. The molecule has 4 fully saturated rings. The Morgan fingerprint density at radius 1 is 0.361 bits per heavy atom. The zero-order valence-corrected chi connectivity index (χ0v) is 23.0. The maximum atomic E-state index is 5.39. The molecule has 0 radical (unpaired) electrons. The zero-order chi connectivity index (χ0) is 23.9. The quantitative estimate of drug-likeness (QED) is 0.318. The van der Waals surface area contributed by atoms with Crippen LogP contribution in [-0.2, 0) is 14.2 Å². The number of ether oxygens (including phenoxy) is 3. The lowest BCUT2D eigenvalue weighted by atomic mass is 9.84. The molecule has 4 aliphatic rings. The summed E-state index contributed by atoms with van der Waals surface area (Å²) in [6, 6.07) is 0. The van der Waals surface area contributed by atoms with Crippen LogP contribution in [0, 0.1) is 35.5 Å². The van der Waals surface area contributed by atoms with Gasteiger partial charge in [0.25, 0.3) is 0 Å². The van der Waals surface area contributed by atoms with Crippen molar-refractivity contribution in [1.82, 2.24) is 0 Å². The molecule has 0 aromatic heterocycles. The standard InChI is InChI=1S/2C8H16.C7H14O.C6H12O2.4CH4.H2/c2*1-7-3-5-8(2)6-4-7;1-6-3-4-7(2)8-5-6;1-5-3-7-6(2)8-4-5;;;;;/h2*7-8H,3-6H2,1-2H3;6-7H,3-5H2,1-2H3;5-6H,3-4H2,1-2H3;4*1H4;1H. The lowest BCUT2D eigenvalue weighted by Crippen LogP contribution is -2.27. The van der Waals surface area contributed by atoms with E-state index in [9.17, 15) is 0 Å². The third-order valence-corrected chi connectivity index (χ3v) is 7.57. The summed E-state index contributed by atoms with van der Waals surface area (Å²) < 4.78 is 15.7. The van der Waals surface area contributed by atoms with Crippen molar-refractivity contribution in [2.75, 3.05) is 19.8 Å². The average molecular weight is 521 g/mol. The van der Waals surface area contributed by atoms with Crippen molar-refractivity contribution in [3.05, 3.63) is 0 Å². The molecule has 2 saturated heterocycles. The van der Waals surface area contributed by atoms with E-state index in [2.05, 4.69) is 48.5 Å². The summed E-state index contributed by atoms with van der Waals surface area (Å²) in [5, 5.41) is 0. The Kier molecular flexibility index (Phi) is 30.0. The van der Waals surface area contributed by atoms with Gasteiger partial charge in [0.2, 0.25) is 0 Å². The largest absolute Gasteiger partial charge is 0.378 e. The van der Waals surface area contributed by atoms with E-state index < -0.39 is 0 Å². The third kappa shape index (κ3) is 23.0. The van der Waals surface area contributed by atoms with E-state index in [-0.39, 0.29) is 37.4 Å². The number of hydrogen-bond donors (Lipinski definition) is 0. The molecule has 2 aliphatic heterocycles. The van der Waals surface area contributed by atoms with Gasteiger partial charge in [-0.15, -0.1) is 0 Å². The molecule has 0 spiro atoms. The lowest BCUT2D eigenvalue weighted by Gasteiger charge is -2.24. The summed E-state index contributed by atoms with van der Waals surface area (Å²) in [5.74, 6) is 5.45. The van der Waals surface area contributed by atoms with E-state index in [1.54, 1.807) is 0 Å². The Bertz CT molecular complexity index is 295. The molecule has 0 amide bonds. The minimum absolute atomic E-state index is 0. The summed E-state index contributed by atoms with van der Waals surface area (Å²) in [7, 11) is 0. The fourth-order valence-electron chi connectivity index (χ4n) is 4.56. The maximum Gasteiger partial charge on any atom is 0.154 e. The molecule has 0 bridgehead atoms. The topological polar surface area (TPSA) is 27.7 Å². The molecule has 36 heavy (non-hydrogen) atoms. The lowest BCUT2D eigenvalue weighted by molar-refractivity contribution is -0.187. The van der Waals surface area contributed by atoms with Gasteiger partial charge in [-0.1, -0.05) is 123 Å². The van der Waals surface area contributed by atoms with Crippen LogP contribution in [0.3, 0.4) is 0 Å². The maximum absolute atomic E-state index is 5.39. The number of hydrogen-bond acceptors (Lipinski definition) is 3. The van der Waals surface area contributed by atoms with Crippen LogP contribution in [0.5, 0.6) is 0 Å². The van der Waals surface area contributed by atoms with E-state index in [0.717, 1.165) is 49.4 Å². The van der Waals surface area contributed by atoms with Crippen molar-refractivity contribution in [1.29, 1.82) is 0 Å². The van der Waals surface area contributed by atoms with Crippen molar-refractivity contribution in [2.45, 2.75) is 162 Å². The summed E-state index contributed by atoms with van der Waals surface area (Å²) in [4.78, 5) is 0. The normalized spacial score (nSPS) is 35.3. The molecule has 2 aliphatic carbocycles. The van der Waals surface area contributed by atoms with Crippen LogP contribution >= 0.6 is 0 Å². The molecule has 0 aromatic carbocycles. The van der Waals surface area contributed by atoms with Crippen molar-refractivity contribution in [2.24, 2.45) is 35.5 Å². The van der Waals surface area contributed by atoms with Gasteiger partial charge in [0.1, 0.15) is 0 Å². The van der Waals surface area contributed by atoms with Gasteiger partial charge in [0, 0.05) is 14.0 Å². The van der Waals surface area contributed by atoms with Crippen LogP contribution in [0.2, 0.25) is 0 Å². The molecule has 226 valence electrons. The van der Waals surface area contributed by atoms with Crippen LogP contribution in [-0.4, -0.2) is 32.2 Å². The van der Waals surface area contributed by atoms with Gasteiger partial charge in [0.05, 0.1) is 19.3 Å². The van der Waals surface area contributed by atoms with E-state index in [1.165, 1.54) is 64.2 Å². The van der Waals surface area contributed by atoms with Crippen molar-refractivity contribution in [3.8, 4) is 0 Å². The van der Waals surface area contributed by atoms with Crippen molar-refractivity contribution < 1.29 is 15.6 Å². The predicted octanol–water partition coefficient (Wildman–Crippen LogP) is 11.3. The first kappa shape index (κ1) is 43.0. The van der Waals surface area contributed by atoms with Crippen LogP contribution in [0.1, 0.15) is 151 Å². The molecule has 4 rings (SSSR count). The molecule has 3 nitrogen and oxygen atoms in total. The van der Waals surface area contributed by atoms with Crippen molar-refractivity contribution in [3.63, 3.8) is 0 Å². The molecule has 2 saturated carbocycles. The molecular formula is C33H76O3. The first-order chi connectivity index (χ1) is 15.2. The smallest absolute Gasteiger partial charge is 0.154 e. The van der Waals surface area contributed by atoms with Gasteiger partial charge in [-0.05, 0) is 56.3 Å². The highest BCUT2D eigenvalue weighted by molar-refractivity contribution is 4.66. The van der Waals surface area contributed by atoms with Crippen LogP contribution < -0.4 is 0 Å². The van der Waals surface area contributed by atoms with Gasteiger partial charge < -0.3 is 14.2 Å². The highest BCUT2D eigenvalue weighted by Crippen LogP contribution is 2.28. The van der Waals surface area contributed by atoms with Gasteiger partial charge in [-0.25, -0.2) is 0 Å². The van der Waals surface area contributed by atoms with Gasteiger partial charge in [0.15, 0.2) is 6.29 Å². The minimum Gasteiger partial charge on any atom is -0.378 e. The molecule has 0 N–H and O–H groups in total. The Morgan fingerprint density at radius 2 is 0.639 bits per heavy atom. The second kappa shape index (κ2) is 25.2. The number of rotatable bonds is 0. The third-order valence-electron chi connectivity index (χ3n) is 7.57. The molecular weight excluding hydrogens is 444 g/mol. The summed E-state index contributed by atoms with van der Waals surface area (Å²) >= 11 is 0. The highest BCUT2D eigenvalue weighted by Gasteiger charge is 2.15. The Balaban J connectivity index is -0.000000118. The SMILES string of the molecule is C.C.C.C.CC1CCC(C)CC1.CC1CCC(C)CC1.CC1CCC(C)OC1.CC1COC(C)OC1.[HH]. The average Bonchev–Trinajstić information content (AvgIpc) is 2.78. The van der Waals surface area contributed by atoms with E-state index in [4.69, 9.17) is 14.2 Å². The molecule has 0 aromatic rings. The monoisotopic (exact) mass is 521 g/mol. The fraction of sp³-hybridized carbons (Fsp3) is 1.00. The van der Waals surface area contributed by atoms with Crippen LogP contribution in [0.25, 0.3) is 0 Å². The van der Waals surface area contributed by atoms with Gasteiger partial charge >= 0.3 is 0 Å². The first-order valence-electron chi connectivity index (χ1n) is 14.0. The Labute approximate surface area is 232 Å². The van der Waals surface area contributed by atoms with Crippen LogP contribution in [0.15, 0.2) is 0 Å². The molecule has 2 atom stereocenters. The predicted molar refractivity (Wildman–Crippen MR) is 167 cm³/mol. The molecule has 3 heteroatoms. The summed E-state index contributed by atoms with van der Waals surface area (Å²) in [6.07, 6.45) is 14.9. The Hall–Kier alpha value is -0.120. The molecule has 2 heterocycles. The summed E-state index contributed by atoms with van der Waals surface area (Å²) in [5.41, 5.74) is 0. The fourth-order valence-corrected chi connectivity index (χ4v) is 4.56. The van der Waals surface area contributed by atoms with Crippen LogP contribution in [0.4, 0.5) is 0 Å². The van der Waals surface area contributed by atoms with E-state index >= 15 is 0 Å². The van der Waals surface area contributed by atoms with Crippen molar-refractivity contribution >= 4 is 0 Å². The molecule has 2 unspecified atom stereocenters. The first-order valence-corrected chi connectivity index (χ1v) is 14.0. The van der Waals surface area contributed by atoms with E-state index in [1.807, 2.05) is 6.92 Å². The van der Waals surface area contributed by atoms with Gasteiger partial charge in [-0.3, -0.25) is 0 Å².